The normalized spacial score (nSPS) is 14.7. The molecule has 3 rings (SSSR count). The summed E-state index contributed by atoms with van der Waals surface area (Å²) in [5, 5.41) is 23.4. The van der Waals surface area contributed by atoms with Gasteiger partial charge in [0.25, 0.3) is 5.91 Å². The average Bonchev–Trinajstić information content (AvgIpc) is 3.10. The number of hydrogen-bond donors (Lipinski definition) is 1. The summed E-state index contributed by atoms with van der Waals surface area (Å²) in [6.45, 7) is 0.370. The fourth-order valence-electron chi connectivity index (χ4n) is 3.12. The lowest BCUT2D eigenvalue weighted by atomic mass is 9.94. The van der Waals surface area contributed by atoms with Crippen molar-refractivity contribution >= 4 is 23.0 Å². The zero-order chi connectivity index (χ0) is 18.5. The van der Waals surface area contributed by atoms with Gasteiger partial charge in [0.05, 0.1) is 22.2 Å². The van der Waals surface area contributed by atoms with E-state index in [2.05, 4.69) is 5.16 Å². The minimum Gasteiger partial charge on any atom is -0.411 e. The molecule has 7 heteroatoms. The van der Waals surface area contributed by atoms with Crippen molar-refractivity contribution in [2.75, 3.05) is 13.1 Å². The van der Waals surface area contributed by atoms with E-state index in [-0.39, 0.29) is 18.3 Å². The predicted octanol–water partition coefficient (Wildman–Crippen LogP) is 3.61. The summed E-state index contributed by atoms with van der Waals surface area (Å²) < 4.78 is 13.0. The molecular weight excluding hydrogens is 353 g/mol. The van der Waals surface area contributed by atoms with Crippen molar-refractivity contribution in [3.05, 3.63) is 57.0 Å². The van der Waals surface area contributed by atoms with Gasteiger partial charge >= 0.3 is 0 Å². The van der Waals surface area contributed by atoms with Gasteiger partial charge in [-0.1, -0.05) is 17.3 Å². The van der Waals surface area contributed by atoms with Crippen LogP contribution in [0.3, 0.4) is 0 Å². The van der Waals surface area contributed by atoms with Crippen molar-refractivity contribution in [2.45, 2.75) is 25.7 Å². The number of oxime groups is 1. The van der Waals surface area contributed by atoms with E-state index < -0.39 is 0 Å². The molecule has 1 aliphatic carbocycles. The summed E-state index contributed by atoms with van der Waals surface area (Å²) in [5.74, 6) is -0.490. The number of carbonyl (C=O) groups excluding carboxylic acids is 1. The van der Waals surface area contributed by atoms with Gasteiger partial charge in [-0.2, -0.15) is 5.26 Å². The monoisotopic (exact) mass is 371 g/mol. The summed E-state index contributed by atoms with van der Waals surface area (Å²) in [6.07, 6.45) is 2.84. The maximum absolute atomic E-state index is 13.0. The first-order valence-corrected chi connectivity index (χ1v) is 9.24. The minimum atomic E-state index is -0.301. The summed E-state index contributed by atoms with van der Waals surface area (Å²) in [4.78, 5) is 15.3. The molecule has 0 atom stereocenters. The molecule has 1 aliphatic rings. The number of carbonyl (C=O) groups is 1. The molecule has 5 nitrogen and oxygen atoms in total. The number of halogens is 1. The van der Waals surface area contributed by atoms with E-state index in [1.54, 1.807) is 17.5 Å². The lowest BCUT2D eigenvalue weighted by molar-refractivity contribution is 0.0777. The number of fused-ring (bicyclic) bond motifs is 1. The molecule has 1 aromatic carbocycles. The van der Waals surface area contributed by atoms with E-state index in [1.165, 1.54) is 28.4 Å². The molecule has 0 saturated heterocycles. The van der Waals surface area contributed by atoms with Crippen LogP contribution in [0, 0.1) is 17.1 Å². The first-order chi connectivity index (χ1) is 12.6. The highest BCUT2D eigenvalue weighted by Gasteiger charge is 2.26. The van der Waals surface area contributed by atoms with Crippen LogP contribution < -0.4 is 0 Å². The van der Waals surface area contributed by atoms with Crippen molar-refractivity contribution in [1.29, 1.82) is 5.26 Å². The number of hydrogen-bond acceptors (Lipinski definition) is 5. The average molecular weight is 371 g/mol. The lowest BCUT2D eigenvalue weighted by Crippen LogP contribution is -2.34. The Bertz CT molecular complexity index is 868. The Balaban J connectivity index is 1.78. The third-order valence-electron chi connectivity index (χ3n) is 4.48. The van der Waals surface area contributed by atoms with Crippen LogP contribution in [0.4, 0.5) is 4.39 Å². The molecule has 1 N–H and O–H groups in total. The largest absolute Gasteiger partial charge is 0.411 e. The highest BCUT2D eigenvalue weighted by molar-refractivity contribution is 7.12. The molecule has 26 heavy (non-hydrogen) atoms. The second kappa shape index (κ2) is 8.11. The Kier molecular flexibility index (Phi) is 5.64. The minimum absolute atomic E-state index is 0.00834. The highest BCUT2D eigenvalue weighted by Crippen LogP contribution is 2.31. The van der Waals surface area contributed by atoms with E-state index in [0.717, 1.165) is 28.8 Å². The number of benzene rings is 1. The third kappa shape index (κ3) is 3.75. The number of rotatable bonds is 5. The predicted molar refractivity (Wildman–Crippen MR) is 97.2 cm³/mol. The maximum Gasteiger partial charge on any atom is 0.255 e. The van der Waals surface area contributed by atoms with Crippen LogP contribution in [-0.4, -0.2) is 34.8 Å². The molecule has 0 bridgehead atoms. The van der Waals surface area contributed by atoms with Crippen LogP contribution in [0.25, 0.3) is 0 Å². The fraction of sp³-hybridized carbons (Fsp3) is 0.316. The highest BCUT2D eigenvalue weighted by atomic mass is 32.1. The number of amides is 1. The van der Waals surface area contributed by atoms with E-state index in [4.69, 9.17) is 10.5 Å². The van der Waals surface area contributed by atoms with E-state index in [1.807, 2.05) is 6.07 Å². The van der Waals surface area contributed by atoms with Crippen LogP contribution in [0.1, 0.15) is 39.2 Å². The molecule has 0 fully saturated rings. The molecule has 0 aliphatic heterocycles. The van der Waals surface area contributed by atoms with Gasteiger partial charge in [0.2, 0.25) is 0 Å². The Morgan fingerprint density at radius 1 is 1.35 bits per heavy atom. The Morgan fingerprint density at radius 3 is 2.81 bits per heavy atom. The van der Waals surface area contributed by atoms with Gasteiger partial charge in [-0.3, -0.25) is 4.79 Å². The van der Waals surface area contributed by atoms with Crippen LogP contribution in [0.15, 0.2) is 34.8 Å². The van der Waals surface area contributed by atoms with Gasteiger partial charge < -0.3 is 10.1 Å². The molecule has 134 valence electrons. The topological polar surface area (TPSA) is 76.7 Å². The van der Waals surface area contributed by atoms with Crippen molar-refractivity contribution in [3.8, 4) is 6.07 Å². The molecule has 1 aromatic heterocycles. The van der Waals surface area contributed by atoms with Gasteiger partial charge in [-0.15, -0.1) is 11.3 Å². The van der Waals surface area contributed by atoms with E-state index in [9.17, 15) is 9.18 Å². The SMILES string of the molecule is N#CCN(CCc1ccc(F)cc1)C(=O)c1csc2c1CCC/C2=N/O. The summed E-state index contributed by atoms with van der Waals surface area (Å²) >= 11 is 1.40. The zero-order valence-corrected chi connectivity index (χ0v) is 14.9. The molecule has 1 heterocycles. The summed E-state index contributed by atoms with van der Waals surface area (Å²) in [5.41, 5.74) is 3.02. The fourth-order valence-corrected chi connectivity index (χ4v) is 4.23. The van der Waals surface area contributed by atoms with E-state index in [0.29, 0.717) is 30.7 Å². The smallest absolute Gasteiger partial charge is 0.255 e. The van der Waals surface area contributed by atoms with Crippen LogP contribution in [-0.2, 0) is 12.8 Å². The van der Waals surface area contributed by atoms with E-state index >= 15 is 0 Å². The first-order valence-electron chi connectivity index (χ1n) is 8.36. The number of thiophene rings is 1. The third-order valence-corrected chi connectivity index (χ3v) is 5.55. The van der Waals surface area contributed by atoms with Crippen molar-refractivity contribution in [3.63, 3.8) is 0 Å². The van der Waals surface area contributed by atoms with Crippen molar-refractivity contribution in [2.24, 2.45) is 5.16 Å². The van der Waals surface area contributed by atoms with Crippen LogP contribution in [0.5, 0.6) is 0 Å². The number of nitrogens with zero attached hydrogens (tertiary/aromatic N) is 3. The Hall–Kier alpha value is -2.72. The van der Waals surface area contributed by atoms with Gasteiger partial charge in [0, 0.05) is 11.9 Å². The van der Waals surface area contributed by atoms with Crippen molar-refractivity contribution < 1.29 is 14.4 Å². The molecule has 0 spiro atoms. The van der Waals surface area contributed by atoms with Crippen molar-refractivity contribution in [1.82, 2.24) is 4.90 Å². The zero-order valence-electron chi connectivity index (χ0n) is 14.1. The lowest BCUT2D eigenvalue weighted by Gasteiger charge is -2.21. The summed E-state index contributed by atoms with van der Waals surface area (Å²) in [6, 6.07) is 8.17. The first kappa shape index (κ1) is 18.1. The molecule has 1 amide bonds. The van der Waals surface area contributed by atoms with Crippen LogP contribution >= 0.6 is 11.3 Å². The second-order valence-corrected chi connectivity index (χ2v) is 7.00. The van der Waals surface area contributed by atoms with Gasteiger partial charge in [-0.05, 0) is 48.9 Å². The maximum atomic E-state index is 13.0. The molecule has 0 saturated carbocycles. The van der Waals surface area contributed by atoms with Gasteiger partial charge in [0.15, 0.2) is 0 Å². The van der Waals surface area contributed by atoms with Crippen LogP contribution in [0.2, 0.25) is 0 Å². The van der Waals surface area contributed by atoms with Gasteiger partial charge in [0.1, 0.15) is 12.4 Å². The number of nitriles is 1. The molecule has 2 aromatic rings. The Morgan fingerprint density at radius 2 is 2.12 bits per heavy atom. The quantitative estimate of drug-likeness (QED) is 0.495. The molecular formula is C19H18FN3O2S. The van der Waals surface area contributed by atoms with Gasteiger partial charge in [-0.25, -0.2) is 4.39 Å². The standard InChI is InChI=1S/C19H18FN3O2S/c20-14-6-4-13(5-7-14)8-10-23(11-9-21)19(24)16-12-26-18-15(16)2-1-3-17(18)22-25/h4-7,12,25H,1-3,8,10-11H2/b22-17-. The Labute approximate surface area is 155 Å². The second-order valence-electron chi connectivity index (χ2n) is 6.12. The summed E-state index contributed by atoms with van der Waals surface area (Å²) in [7, 11) is 0. The molecule has 0 radical (unpaired) electrons. The molecule has 0 unspecified atom stereocenters.